The molecule has 5 heteroatoms. The molecule has 2 atom stereocenters. The zero-order chi connectivity index (χ0) is 23.9. The average molecular weight is 461 g/mol. The van der Waals surface area contributed by atoms with Crippen LogP contribution in [0.15, 0.2) is 66.7 Å². The van der Waals surface area contributed by atoms with Crippen molar-refractivity contribution < 1.29 is 15.0 Å². The minimum atomic E-state index is -0.149. The molecule has 180 valence electrons. The van der Waals surface area contributed by atoms with Crippen molar-refractivity contribution in [3.63, 3.8) is 0 Å². The topological polar surface area (TPSA) is 64.0 Å². The minimum Gasteiger partial charge on any atom is -0.395 e. The first kappa shape index (κ1) is 24.2. The molecule has 1 fully saturated rings. The fourth-order valence-electron chi connectivity index (χ4n) is 5.47. The zero-order valence-electron chi connectivity index (χ0n) is 20.1. The third-order valence-corrected chi connectivity index (χ3v) is 7.16. The van der Waals surface area contributed by atoms with Gasteiger partial charge in [-0.15, -0.1) is 0 Å². The maximum Gasteiger partial charge on any atom is 0.254 e. The van der Waals surface area contributed by atoms with Crippen LogP contribution in [0, 0.1) is 0 Å². The lowest BCUT2D eigenvalue weighted by atomic mass is 9.80. The number of hydrogen-bond acceptors (Lipinski definition) is 4. The first-order valence-electron chi connectivity index (χ1n) is 12.5. The maximum absolute atomic E-state index is 12.8. The van der Waals surface area contributed by atoms with E-state index in [-0.39, 0.29) is 32.2 Å². The molecule has 1 amide bonds. The third-order valence-electron chi connectivity index (χ3n) is 7.16. The van der Waals surface area contributed by atoms with Gasteiger partial charge in [0.2, 0.25) is 0 Å². The van der Waals surface area contributed by atoms with Crippen LogP contribution in [-0.2, 0) is 0 Å². The average Bonchev–Trinajstić information content (AvgIpc) is 2.89. The highest BCUT2D eigenvalue weighted by molar-refractivity contribution is 5.95. The van der Waals surface area contributed by atoms with Gasteiger partial charge in [-0.05, 0) is 61.3 Å². The van der Waals surface area contributed by atoms with Crippen LogP contribution in [0.25, 0.3) is 10.8 Å². The Balaban J connectivity index is 1.50. The van der Waals surface area contributed by atoms with E-state index in [4.69, 9.17) is 0 Å². The Bertz CT molecular complexity index is 1070. The lowest BCUT2D eigenvalue weighted by Crippen LogP contribution is -2.38. The van der Waals surface area contributed by atoms with Gasteiger partial charge in [0.15, 0.2) is 0 Å². The molecule has 3 aromatic carbocycles. The standard InChI is InChI=1S/C29H36N2O3/c1-2-31(28-12-6-8-23-7-3-4-11-27(23)28)26-10-5-9-25(21-26)22-13-15-24(16-14-22)29(34)30(17-19-32)18-20-33/h3-4,6-8,11-16,25-26,32-33H,2,5,9-10,17-21H2,1H3. The molecule has 34 heavy (non-hydrogen) atoms. The molecule has 0 aromatic heterocycles. The van der Waals surface area contributed by atoms with Crippen LogP contribution in [0.2, 0.25) is 0 Å². The highest BCUT2D eigenvalue weighted by atomic mass is 16.3. The summed E-state index contributed by atoms with van der Waals surface area (Å²) in [5, 5.41) is 21.0. The fourth-order valence-corrected chi connectivity index (χ4v) is 5.47. The summed E-state index contributed by atoms with van der Waals surface area (Å²) < 4.78 is 0. The predicted octanol–water partition coefficient (Wildman–Crippen LogP) is 4.82. The first-order chi connectivity index (χ1) is 16.7. The summed E-state index contributed by atoms with van der Waals surface area (Å²) in [5.74, 6) is 0.321. The summed E-state index contributed by atoms with van der Waals surface area (Å²) in [7, 11) is 0. The van der Waals surface area contributed by atoms with Crippen molar-refractivity contribution in [1.82, 2.24) is 4.90 Å². The van der Waals surface area contributed by atoms with Crippen molar-refractivity contribution in [2.24, 2.45) is 0 Å². The summed E-state index contributed by atoms with van der Waals surface area (Å²) in [5.41, 5.74) is 3.20. The van der Waals surface area contributed by atoms with Gasteiger partial charge in [0.1, 0.15) is 0 Å². The van der Waals surface area contributed by atoms with Crippen molar-refractivity contribution in [2.45, 2.75) is 44.6 Å². The Kier molecular flexibility index (Phi) is 8.20. The lowest BCUT2D eigenvalue weighted by molar-refractivity contribution is 0.0685. The summed E-state index contributed by atoms with van der Waals surface area (Å²) in [4.78, 5) is 16.8. The van der Waals surface area contributed by atoms with Crippen LogP contribution < -0.4 is 4.90 Å². The number of amides is 1. The molecule has 2 unspecified atom stereocenters. The molecular weight excluding hydrogens is 424 g/mol. The first-order valence-corrected chi connectivity index (χ1v) is 12.5. The van der Waals surface area contributed by atoms with E-state index in [1.165, 1.54) is 39.8 Å². The number of hydrogen-bond donors (Lipinski definition) is 2. The Morgan fingerprint density at radius 3 is 2.32 bits per heavy atom. The van der Waals surface area contributed by atoms with Gasteiger partial charge in [0.05, 0.1) is 13.2 Å². The number of carbonyl (C=O) groups is 1. The fraction of sp³-hybridized carbons (Fsp3) is 0.414. The van der Waals surface area contributed by atoms with E-state index in [0.29, 0.717) is 17.5 Å². The lowest BCUT2D eigenvalue weighted by Gasteiger charge is -2.39. The smallest absolute Gasteiger partial charge is 0.254 e. The van der Waals surface area contributed by atoms with Crippen molar-refractivity contribution in [1.29, 1.82) is 0 Å². The number of nitrogens with zero attached hydrogens (tertiary/aromatic N) is 2. The van der Waals surface area contributed by atoms with E-state index in [1.807, 2.05) is 12.1 Å². The third kappa shape index (κ3) is 5.26. The van der Waals surface area contributed by atoms with Gasteiger partial charge in [0, 0.05) is 42.3 Å². The molecule has 2 N–H and O–H groups in total. The Morgan fingerprint density at radius 2 is 1.62 bits per heavy atom. The second-order valence-corrected chi connectivity index (χ2v) is 9.16. The van der Waals surface area contributed by atoms with Crippen LogP contribution in [0.1, 0.15) is 54.4 Å². The monoisotopic (exact) mass is 460 g/mol. The molecule has 0 bridgehead atoms. The zero-order valence-corrected chi connectivity index (χ0v) is 20.1. The molecule has 0 aliphatic heterocycles. The number of carbonyl (C=O) groups excluding carboxylic acids is 1. The van der Waals surface area contributed by atoms with Gasteiger partial charge in [-0.25, -0.2) is 0 Å². The van der Waals surface area contributed by atoms with Gasteiger partial charge in [-0.2, -0.15) is 0 Å². The Labute approximate surface area is 202 Å². The number of anilines is 1. The molecule has 3 aromatic rings. The van der Waals surface area contributed by atoms with E-state index in [1.54, 1.807) is 0 Å². The highest BCUT2D eigenvalue weighted by Crippen LogP contribution is 2.38. The maximum atomic E-state index is 12.8. The van der Waals surface area contributed by atoms with Gasteiger partial charge in [-0.1, -0.05) is 55.0 Å². The number of benzene rings is 3. The van der Waals surface area contributed by atoms with Crippen LogP contribution in [0.4, 0.5) is 5.69 Å². The minimum absolute atomic E-state index is 0.113. The normalized spacial score (nSPS) is 18.1. The highest BCUT2D eigenvalue weighted by Gasteiger charge is 2.28. The van der Waals surface area contributed by atoms with E-state index < -0.39 is 0 Å². The SMILES string of the molecule is CCN(c1cccc2ccccc12)C1CCCC(c2ccc(C(=O)N(CCO)CCO)cc2)C1. The quantitative estimate of drug-likeness (QED) is 0.481. The van der Waals surface area contributed by atoms with Crippen LogP contribution in [0.5, 0.6) is 0 Å². The van der Waals surface area contributed by atoms with Crippen molar-refractivity contribution >= 4 is 22.4 Å². The van der Waals surface area contributed by atoms with Gasteiger partial charge in [-0.3, -0.25) is 4.79 Å². The van der Waals surface area contributed by atoms with Gasteiger partial charge < -0.3 is 20.0 Å². The molecule has 0 radical (unpaired) electrons. The van der Waals surface area contributed by atoms with Crippen LogP contribution in [0.3, 0.4) is 0 Å². The van der Waals surface area contributed by atoms with Crippen LogP contribution in [-0.4, -0.2) is 59.9 Å². The summed E-state index contributed by atoms with van der Waals surface area (Å²) in [6.07, 6.45) is 4.66. The molecule has 0 heterocycles. The van der Waals surface area contributed by atoms with Crippen molar-refractivity contribution in [2.75, 3.05) is 37.7 Å². The van der Waals surface area contributed by atoms with Crippen molar-refractivity contribution in [3.8, 4) is 0 Å². The van der Waals surface area contributed by atoms with Gasteiger partial charge >= 0.3 is 0 Å². The molecule has 1 aliphatic rings. The molecule has 5 nitrogen and oxygen atoms in total. The molecule has 4 rings (SSSR count). The predicted molar refractivity (Wildman–Crippen MR) is 138 cm³/mol. The second-order valence-electron chi connectivity index (χ2n) is 9.16. The Hall–Kier alpha value is -2.89. The van der Waals surface area contributed by atoms with Crippen molar-refractivity contribution in [3.05, 3.63) is 77.9 Å². The molecule has 1 aliphatic carbocycles. The van der Waals surface area contributed by atoms with Crippen LogP contribution >= 0.6 is 0 Å². The summed E-state index contributed by atoms with van der Waals surface area (Å²) in [6.45, 7) is 3.45. The molecule has 0 spiro atoms. The molecule has 0 saturated heterocycles. The van der Waals surface area contributed by atoms with E-state index >= 15 is 0 Å². The number of fused-ring (bicyclic) bond motifs is 1. The number of aliphatic hydroxyl groups is 2. The van der Waals surface area contributed by atoms with E-state index in [0.717, 1.165) is 19.4 Å². The van der Waals surface area contributed by atoms with E-state index in [2.05, 4.69) is 66.4 Å². The molecular formula is C29H36N2O3. The summed E-state index contributed by atoms with van der Waals surface area (Å²) >= 11 is 0. The van der Waals surface area contributed by atoms with Gasteiger partial charge in [0.25, 0.3) is 5.91 Å². The number of rotatable bonds is 9. The largest absolute Gasteiger partial charge is 0.395 e. The Morgan fingerprint density at radius 1 is 0.912 bits per heavy atom. The second kappa shape index (κ2) is 11.5. The molecule has 1 saturated carbocycles. The number of aliphatic hydroxyl groups excluding tert-OH is 2. The van der Waals surface area contributed by atoms with E-state index in [9.17, 15) is 15.0 Å². The summed E-state index contributed by atoms with van der Waals surface area (Å²) in [6, 6.07) is 23.7.